The minimum absolute atomic E-state index is 0.277. The van der Waals surface area contributed by atoms with Crippen LogP contribution in [0.15, 0.2) is 72.8 Å². The van der Waals surface area contributed by atoms with Crippen LogP contribution >= 0.6 is 12.2 Å². The van der Waals surface area contributed by atoms with Crippen LogP contribution in [0.25, 0.3) is 0 Å². The number of methoxy groups -OCH3 is 2. The van der Waals surface area contributed by atoms with E-state index in [1.54, 1.807) is 20.3 Å². The predicted molar refractivity (Wildman–Crippen MR) is 123 cm³/mol. The fourth-order valence-electron chi connectivity index (χ4n) is 3.08. The quantitative estimate of drug-likeness (QED) is 0.430. The number of halogens is 3. The number of thiocarbonyl (C=S) groups is 1. The van der Waals surface area contributed by atoms with Gasteiger partial charge in [-0.15, -0.1) is 0 Å². The maximum absolute atomic E-state index is 13.1. The van der Waals surface area contributed by atoms with E-state index in [-0.39, 0.29) is 5.69 Å². The van der Waals surface area contributed by atoms with Crippen molar-refractivity contribution in [2.75, 3.05) is 19.5 Å². The van der Waals surface area contributed by atoms with E-state index < -0.39 is 11.7 Å². The molecule has 32 heavy (non-hydrogen) atoms. The molecule has 0 saturated heterocycles. The highest BCUT2D eigenvalue weighted by molar-refractivity contribution is 7.80. The standard InChI is InChI=1S/C24H23F3N2O2S/c1-30-21-10-6-17(7-11-21)15-29(16-18-8-12-22(31-2)13-9-18)23(32)28-20-5-3-4-19(14-20)24(25,26)27/h3-14H,15-16H2,1-2H3,(H,28,32). The van der Waals surface area contributed by atoms with Crippen molar-refractivity contribution in [2.45, 2.75) is 19.3 Å². The molecule has 0 heterocycles. The normalized spacial score (nSPS) is 11.0. The summed E-state index contributed by atoms with van der Waals surface area (Å²) in [6.07, 6.45) is -4.43. The van der Waals surface area contributed by atoms with Crippen molar-refractivity contribution in [3.63, 3.8) is 0 Å². The van der Waals surface area contributed by atoms with E-state index >= 15 is 0 Å². The summed E-state index contributed by atoms with van der Waals surface area (Å²) >= 11 is 5.57. The van der Waals surface area contributed by atoms with Gasteiger partial charge in [0.05, 0.1) is 19.8 Å². The minimum Gasteiger partial charge on any atom is -0.497 e. The highest BCUT2D eigenvalue weighted by atomic mass is 32.1. The van der Waals surface area contributed by atoms with Crippen LogP contribution in [-0.2, 0) is 19.3 Å². The van der Waals surface area contributed by atoms with Crippen LogP contribution in [0.3, 0.4) is 0 Å². The van der Waals surface area contributed by atoms with E-state index in [2.05, 4.69) is 5.32 Å². The number of hydrogen-bond donors (Lipinski definition) is 1. The summed E-state index contributed by atoms with van der Waals surface area (Å²) in [4.78, 5) is 1.89. The average Bonchev–Trinajstić information content (AvgIpc) is 2.79. The van der Waals surface area contributed by atoms with Crippen molar-refractivity contribution in [3.05, 3.63) is 89.5 Å². The summed E-state index contributed by atoms with van der Waals surface area (Å²) in [5, 5.41) is 3.26. The Labute approximate surface area is 190 Å². The van der Waals surface area contributed by atoms with Gasteiger partial charge in [-0.25, -0.2) is 0 Å². The van der Waals surface area contributed by atoms with Gasteiger partial charge < -0.3 is 19.7 Å². The molecule has 0 bridgehead atoms. The Bertz CT molecular complexity index is 989. The van der Waals surface area contributed by atoms with Gasteiger partial charge in [0.25, 0.3) is 0 Å². The van der Waals surface area contributed by atoms with Gasteiger partial charge in [-0.1, -0.05) is 30.3 Å². The molecule has 3 rings (SSSR count). The number of rotatable bonds is 7. The van der Waals surface area contributed by atoms with Gasteiger partial charge in [-0.05, 0) is 65.8 Å². The van der Waals surface area contributed by atoms with Crippen molar-refractivity contribution >= 4 is 23.0 Å². The Hall–Kier alpha value is -3.26. The van der Waals surface area contributed by atoms with Crippen LogP contribution < -0.4 is 14.8 Å². The molecule has 0 radical (unpaired) electrons. The molecule has 0 aromatic heterocycles. The second-order valence-corrected chi connectivity index (χ2v) is 7.45. The van der Waals surface area contributed by atoms with Crippen LogP contribution in [0, 0.1) is 0 Å². The molecule has 0 fully saturated rings. The summed E-state index contributed by atoms with van der Waals surface area (Å²) in [5.74, 6) is 1.47. The molecule has 0 atom stereocenters. The van der Waals surface area contributed by atoms with Crippen LogP contribution in [0.5, 0.6) is 11.5 Å². The van der Waals surface area contributed by atoms with E-state index in [9.17, 15) is 13.2 Å². The number of anilines is 1. The highest BCUT2D eigenvalue weighted by Gasteiger charge is 2.30. The SMILES string of the molecule is COc1ccc(CN(Cc2ccc(OC)cc2)C(=S)Nc2cccc(C(F)(F)F)c2)cc1. The molecule has 3 aromatic rings. The molecule has 4 nitrogen and oxygen atoms in total. The first kappa shape index (κ1) is 23.4. The molecule has 8 heteroatoms. The third-order valence-electron chi connectivity index (χ3n) is 4.79. The molecule has 0 aliphatic rings. The van der Waals surface area contributed by atoms with Gasteiger partial charge >= 0.3 is 6.18 Å². The maximum Gasteiger partial charge on any atom is 0.416 e. The van der Waals surface area contributed by atoms with Crippen molar-refractivity contribution in [3.8, 4) is 11.5 Å². The lowest BCUT2D eigenvalue weighted by Crippen LogP contribution is -2.33. The second-order valence-electron chi connectivity index (χ2n) is 7.06. The molecule has 168 valence electrons. The van der Waals surface area contributed by atoms with Crippen LogP contribution in [-0.4, -0.2) is 24.2 Å². The third kappa shape index (κ3) is 6.37. The summed E-state index contributed by atoms with van der Waals surface area (Å²) in [7, 11) is 3.19. The zero-order valence-corrected chi connectivity index (χ0v) is 18.5. The summed E-state index contributed by atoms with van der Waals surface area (Å²) < 4.78 is 49.6. The first-order valence-corrected chi connectivity index (χ1v) is 10.2. The van der Waals surface area contributed by atoms with E-state index in [4.69, 9.17) is 21.7 Å². The third-order valence-corrected chi connectivity index (χ3v) is 5.15. The van der Waals surface area contributed by atoms with Gasteiger partial charge in [0.1, 0.15) is 11.5 Å². The van der Waals surface area contributed by atoms with Gasteiger partial charge in [-0.3, -0.25) is 0 Å². The zero-order chi connectivity index (χ0) is 23.1. The minimum atomic E-state index is -4.43. The number of hydrogen-bond acceptors (Lipinski definition) is 3. The molecule has 0 spiro atoms. The number of alkyl halides is 3. The zero-order valence-electron chi connectivity index (χ0n) is 17.6. The van der Waals surface area contributed by atoms with Crippen LogP contribution in [0.1, 0.15) is 16.7 Å². The Morgan fingerprint density at radius 2 is 1.34 bits per heavy atom. The Kier molecular flexibility index (Phi) is 7.58. The van der Waals surface area contributed by atoms with Gasteiger partial charge in [0, 0.05) is 18.8 Å². The topological polar surface area (TPSA) is 33.7 Å². The van der Waals surface area contributed by atoms with E-state index in [0.717, 1.165) is 34.8 Å². The number of benzene rings is 3. The maximum atomic E-state index is 13.1. The van der Waals surface area contributed by atoms with Crippen LogP contribution in [0.4, 0.5) is 18.9 Å². The smallest absolute Gasteiger partial charge is 0.416 e. The predicted octanol–water partition coefficient (Wildman–Crippen LogP) is 6.12. The van der Waals surface area contributed by atoms with Gasteiger partial charge in [0.15, 0.2) is 5.11 Å². The van der Waals surface area contributed by atoms with E-state index in [0.29, 0.717) is 18.2 Å². The second kappa shape index (κ2) is 10.4. The molecule has 3 aromatic carbocycles. The number of nitrogens with one attached hydrogen (secondary N) is 1. The largest absolute Gasteiger partial charge is 0.497 e. The molecule has 0 saturated carbocycles. The Morgan fingerprint density at radius 1 is 0.844 bits per heavy atom. The molecule has 0 aliphatic carbocycles. The fraction of sp³-hybridized carbons (Fsp3) is 0.208. The molecular weight excluding hydrogens is 437 g/mol. The molecular formula is C24H23F3N2O2S. The summed E-state index contributed by atoms with van der Waals surface area (Å²) in [5.41, 5.74) is 1.50. The number of ether oxygens (including phenoxy) is 2. The number of nitrogens with zero attached hydrogens (tertiary/aromatic N) is 1. The molecule has 0 amide bonds. The van der Waals surface area contributed by atoms with Gasteiger partial charge in [-0.2, -0.15) is 13.2 Å². The first-order valence-electron chi connectivity index (χ1n) is 9.77. The lowest BCUT2D eigenvalue weighted by atomic mass is 10.1. The van der Waals surface area contributed by atoms with E-state index in [1.165, 1.54) is 6.07 Å². The Balaban J connectivity index is 1.81. The van der Waals surface area contributed by atoms with Crippen molar-refractivity contribution in [1.82, 2.24) is 4.90 Å². The average molecular weight is 461 g/mol. The van der Waals surface area contributed by atoms with Crippen molar-refractivity contribution in [2.24, 2.45) is 0 Å². The monoisotopic (exact) mass is 460 g/mol. The van der Waals surface area contributed by atoms with Gasteiger partial charge in [0.2, 0.25) is 0 Å². The van der Waals surface area contributed by atoms with E-state index in [1.807, 2.05) is 53.4 Å². The molecule has 0 aliphatic heterocycles. The van der Waals surface area contributed by atoms with Crippen molar-refractivity contribution < 1.29 is 22.6 Å². The summed E-state index contributed by atoms with van der Waals surface area (Å²) in [6.45, 7) is 0.918. The fourth-order valence-corrected chi connectivity index (χ4v) is 3.32. The molecule has 0 unspecified atom stereocenters. The molecule has 1 N–H and O–H groups in total. The summed E-state index contributed by atoms with van der Waals surface area (Å²) in [6, 6.07) is 20.1. The van der Waals surface area contributed by atoms with Crippen molar-refractivity contribution in [1.29, 1.82) is 0 Å². The first-order chi connectivity index (χ1) is 15.3. The Morgan fingerprint density at radius 3 is 1.78 bits per heavy atom. The highest BCUT2D eigenvalue weighted by Crippen LogP contribution is 2.30. The lowest BCUT2D eigenvalue weighted by molar-refractivity contribution is -0.137. The van der Waals surface area contributed by atoms with Crippen LogP contribution in [0.2, 0.25) is 0 Å². The lowest BCUT2D eigenvalue weighted by Gasteiger charge is -2.26.